The van der Waals surface area contributed by atoms with E-state index in [1.807, 2.05) is 0 Å². The largest absolute Gasteiger partial charge is 0.464 e. The summed E-state index contributed by atoms with van der Waals surface area (Å²) in [5.74, 6) is 0.381. The van der Waals surface area contributed by atoms with Gasteiger partial charge < -0.3 is 10.1 Å². The van der Waals surface area contributed by atoms with Crippen LogP contribution in [0.3, 0.4) is 0 Å². The van der Waals surface area contributed by atoms with Gasteiger partial charge in [0, 0.05) is 18.3 Å². The second-order valence-electron chi connectivity index (χ2n) is 3.14. The first-order valence-corrected chi connectivity index (χ1v) is 5.79. The number of aromatic amines is 1. The molecular formula is C9H11N5O2S. The van der Waals surface area contributed by atoms with E-state index in [0.29, 0.717) is 23.8 Å². The van der Waals surface area contributed by atoms with Crippen LogP contribution in [0.5, 0.6) is 0 Å². The van der Waals surface area contributed by atoms with E-state index < -0.39 is 5.97 Å². The number of carbonyl (C=O) groups is 1. The molecule has 2 heterocycles. The van der Waals surface area contributed by atoms with E-state index >= 15 is 0 Å². The lowest BCUT2D eigenvalue weighted by atomic mass is 10.4. The molecule has 0 amide bonds. The van der Waals surface area contributed by atoms with E-state index in [4.69, 9.17) is 0 Å². The van der Waals surface area contributed by atoms with E-state index in [2.05, 4.69) is 30.2 Å². The van der Waals surface area contributed by atoms with Gasteiger partial charge in [-0.05, 0) is 0 Å². The third kappa shape index (κ3) is 3.00. The summed E-state index contributed by atoms with van der Waals surface area (Å²) in [5, 5.41) is 11.9. The SMILES string of the molecule is COC(=O)c1csc(NCCc2ncn[nH]2)n1. The number of aromatic nitrogens is 4. The van der Waals surface area contributed by atoms with Gasteiger partial charge in [-0.25, -0.2) is 14.8 Å². The molecule has 2 aromatic heterocycles. The third-order valence-electron chi connectivity index (χ3n) is 2.00. The molecule has 0 aliphatic rings. The summed E-state index contributed by atoms with van der Waals surface area (Å²) < 4.78 is 4.57. The molecule has 7 nitrogen and oxygen atoms in total. The molecule has 8 heteroatoms. The zero-order valence-corrected chi connectivity index (χ0v) is 9.95. The number of H-pyrrole nitrogens is 1. The number of ether oxygens (including phenoxy) is 1. The lowest BCUT2D eigenvalue weighted by Crippen LogP contribution is -2.07. The summed E-state index contributed by atoms with van der Waals surface area (Å²) in [6, 6.07) is 0. The Balaban J connectivity index is 1.83. The third-order valence-corrected chi connectivity index (χ3v) is 2.80. The fourth-order valence-electron chi connectivity index (χ4n) is 1.19. The molecular weight excluding hydrogens is 242 g/mol. The summed E-state index contributed by atoms with van der Waals surface area (Å²) in [6.07, 6.45) is 2.18. The van der Waals surface area contributed by atoms with Crippen molar-refractivity contribution in [2.75, 3.05) is 19.0 Å². The molecule has 0 fully saturated rings. The number of hydrogen-bond donors (Lipinski definition) is 2. The number of carbonyl (C=O) groups excluding carboxylic acids is 1. The summed E-state index contributed by atoms with van der Waals surface area (Å²) in [5.41, 5.74) is 0.319. The number of anilines is 1. The smallest absolute Gasteiger partial charge is 0.357 e. The normalized spacial score (nSPS) is 10.2. The van der Waals surface area contributed by atoms with Gasteiger partial charge in [0.05, 0.1) is 7.11 Å². The van der Waals surface area contributed by atoms with E-state index in [-0.39, 0.29) is 0 Å². The van der Waals surface area contributed by atoms with Crippen molar-refractivity contribution >= 4 is 22.4 Å². The number of nitrogens with one attached hydrogen (secondary N) is 2. The van der Waals surface area contributed by atoms with Gasteiger partial charge in [0.15, 0.2) is 10.8 Å². The number of thiazole rings is 1. The Morgan fingerprint density at radius 2 is 2.53 bits per heavy atom. The van der Waals surface area contributed by atoms with Crippen LogP contribution >= 0.6 is 11.3 Å². The van der Waals surface area contributed by atoms with Gasteiger partial charge in [0.2, 0.25) is 0 Å². The molecule has 17 heavy (non-hydrogen) atoms. The average molecular weight is 253 g/mol. The van der Waals surface area contributed by atoms with Crippen molar-refractivity contribution in [3.8, 4) is 0 Å². The zero-order chi connectivity index (χ0) is 12.1. The lowest BCUT2D eigenvalue weighted by molar-refractivity contribution is 0.0595. The number of nitrogens with zero attached hydrogens (tertiary/aromatic N) is 3. The van der Waals surface area contributed by atoms with Crippen molar-refractivity contribution in [3.63, 3.8) is 0 Å². The lowest BCUT2D eigenvalue weighted by Gasteiger charge is -1.99. The molecule has 2 rings (SSSR count). The maximum Gasteiger partial charge on any atom is 0.357 e. The Labute approximate surface area is 101 Å². The Bertz CT molecular complexity index is 481. The van der Waals surface area contributed by atoms with Crippen LogP contribution in [-0.4, -0.2) is 39.8 Å². The Morgan fingerprint density at radius 1 is 1.65 bits per heavy atom. The van der Waals surface area contributed by atoms with Crippen LogP contribution in [0.4, 0.5) is 5.13 Å². The van der Waals surface area contributed by atoms with Crippen molar-refractivity contribution in [1.82, 2.24) is 20.2 Å². The summed E-state index contributed by atoms with van der Waals surface area (Å²) in [6.45, 7) is 0.670. The molecule has 90 valence electrons. The maximum atomic E-state index is 11.2. The average Bonchev–Trinajstić information content (AvgIpc) is 2.99. The molecule has 0 saturated carbocycles. The first-order valence-electron chi connectivity index (χ1n) is 4.91. The Kier molecular flexibility index (Phi) is 3.66. The van der Waals surface area contributed by atoms with Crippen LogP contribution in [0.1, 0.15) is 16.3 Å². The van der Waals surface area contributed by atoms with Crippen LogP contribution < -0.4 is 5.32 Å². The van der Waals surface area contributed by atoms with Crippen molar-refractivity contribution < 1.29 is 9.53 Å². The number of esters is 1. The quantitative estimate of drug-likeness (QED) is 0.762. The van der Waals surface area contributed by atoms with Crippen molar-refractivity contribution in [2.45, 2.75) is 6.42 Å². The molecule has 0 saturated heterocycles. The summed E-state index contributed by atoms with van der Waals surface area (Å²) >= 11 is 1.36. The second-order valence-corrected chi connectivity index (χ2v) is 4.00. The van der Waals surface area contributed by atoms with Crippen LogP contribution in [-0.2, 0) is 11.2 Å². The van der Waals surface area contributed by atoms with Gasteiger partial charge >= 0.3 is 5.97 Å². The second kappa shape index (κ2) is 5.39. The minimum atomic E-state index is -0.426. The van der Waals surface area contributed by atoms with E-state index in [1.54, 1.807) is 5.38 Å². The molecule has 0 bridgehead atoms. The standard InChI is InChI=1S/C9H11N5O2S/c1-16-8(15)6-4-17-9(13-6)10-3-2-7-11-5-12-14-7/h4-5H,2-3H2,1H3,(H,10,13)(H,11,12,14). The highest BCUT2D eigenvalue weighted by molar-refractivity contribution is 7.13. The Morgan fingerprint density at radius 3 is 3.24 bits per heavy atom. The van der Waals surface area contributed by atoms with Gasteiger partial charge in [0.25, 0.3) is 0 Å². The number of rotatable bonds is 5. The van der Waals surface area contributed by atoms with Crippen LogP contribution in [0, 0.1) is 0 Å². The first-order chi connectivity index (χ1) is 8.29. The monoisotopic (exact) mass is 253 g/mol. The molecule has 0 aliphatic carbocycles. The van der Waals surface area contributed by atoms with E-state index in [9.17, 15) is 4.79 Å². The van der Waals surface area contributed by atoms with E-state index in [0.717, 1.165) is 5.82 Å². The summed E-state index contributed by atoms with van der Waals surface area (Å²) in [7, 11) is 1.33. The summed E-state index contributed by atoms with van der Waals surface area (Å²) in [4.78, 5) is 19.2. The van der Waals surface area contributed by atoms with Crippen molar-refractivity contribution in [1.29, 1.82) is 0 Å². The zero-order valence-electron chi connectivity index (χ0n) is 9.14. The molecule has 0 aromatic carbocycles. The molecule has 0 atom stereocenters. The van der Waals surface area contributed by atoms with Crippen molar-refractivity contribution in [3.05, 3.63) is 23.2 Å². The molecule has 0 unspecified atom stereocenters. The number of methoxy groups -OCH3 is 1. The maximum absolute atomic E-state index is 11.2. The topological polar surface area (TPSA) is 92.8 Å². The Hall–Kier alpha value is -1.96. The predicted molar refractivity (Wildman–Crippen MR) is 62.0 cm³/mol. The van der Waals surface area contributed by atoms with Gasteiger partial charge in [-0.15, -0.1) is 11.3 Å². The highest BCUT2D eigenvalue weighted by atomic mass is 32.1. The van der Waals surface area contributed by atoms with Gasteiger partial charge in [-0.2, -0.15) is 5.10 Å². The van der Waals surface area contributed by atoms with Crippen LogP contribution in [0.25, 0.3) is 0 Å². The molecule has 0 radical (unpaired) electrons. The molecule has 2 aromatic rings. The van der Waals surface area contributed by atoms with Crippen LogP contribution in [0.2, 0.25) is 0 Å². The van der Waals surface area contributed by atoms with E-state index in [1.165, 1.54) is 24.8 Å². The predicted octanol–water partition coefficient (Wildman–Crippen LogP) is 0.702. The van der Waals surface area contributed by atoms with Gasteiger partial charge in [-0.3, -0.25) is 5.10 Å². The highest BCUT2D eigenvalue weighted by Gasteiger charge is 2.10. The van der Waals surface area contributed by atoms with Crippen LogP contribution in [0.15, 0.2) is 11.7 Å². The fourth-order valence-corrected chi connectivity index (χ4v) is 1.90. The molecule has 2 N–H and O–H groups in total. The minimum absolute atomic E-state index is 0.319. The highest BCUT2D eigenvalue weighted by Crippen LogP contribution is 2.15. The minimum Gasteiger partial charge on any atom is -0.464 e. The molecule has 0 aliphatic heterocycles. The van der Waals surface area contributed by atoms with Gasteiger partial charge in [0.1, 0.15) is 12.2 Å². The molecule has 0 spiro atoms. The first kappa shape index (κ1) is 11.5. The van der Waals surface area contributed by atoms with Gasteiger partial charge in [-0.1, -0.05) is 0 Å². The number of hydrogen-bond acceptors (Lipinski definition) is 7. The van der Waals surface area contributed by atoms with Crippen molar-refractivity contribution in [2.24, 2.45) is 0 Å². The fraction of sp³-hybridized carbons (Fsp3) is 0.333.